The molecule has 0 unspecified atom stereocenters. The third-order valence-electron chi connectivity index (χ3n) is 3.79. The number of hydrogen-bond acceptors (Lipinski definition) is 4. The largest absolute Gasteiger partial charge is 0.341 e. The fourth-order valence-electron chi connectivity index (χ4n) is 2.52. The van der Waals surface area contributed by atoms with Crippen molar-refractivity contribution >= 4 is 17.2 Å². The van der Waals surface area contributed by atoms with Gasteiger partial charge in [0.2, 0.25) is 0 Å². The summed E-state index contributed by atoms with van der Waals surface area (Å²) in [5, 5.41) is 1.08. The van der Waals surface area contributed by atoms with Crippen LogP contribution < -0.4 is 0 Å². The summed E-state index contributed by atoms with van der Waals surface area (Å²) in [5.41, 5.74) is 0.887. The number of nitrogens with zero attached hydrogens (tertiary/aromatic N) is 3. The Kier molecular flexibility index (Phi) is 5.54. The van der Waals surface area contributed by atoms with Crippen molar-refractivity contribution in [1.29, 1.82) is 0 Å². The van der Waals surface area contributed by atoms with Crippen LogP contribution in [0.5, 0.6) is 0 Å². The van der Waals surface area contributed by atoms with Crippen molar-refractivity contribution < 1.29 is 4.79 Å². The molecule has 1 fully saturated rings. The van der Waals surface area contributed by atoms with Gasteiger partial charge in [0.25, 0.3) is 5.91 Å². The fraction of sp³-hybridized carbons (Fsp3) is 0.733. The number of likely N-dealkylation sites (tertiary alicyclic amines) is 1. The molecule has 0 aliphatic carbocycles. The minimum absolute atomic E-state index is 0.126. The molecule has 0 saturated carbocycles. The molecule has 0 aromatic carbocycles. The molecule has 2 rings (SSSR count). The molecule has 1 amide bonds. The molecular formula is C15H25N3OS. The van der Waals surface area contributed by atoms with E-state index in [2.05, 4.69) is 16.8 Å². The molecule has 5 heteroatoms. The van der Waals surface area contributed by atoms with Gasteiger partial charge in [0.1, 0.15) is 9.88 Å². The molecule has 112 valence electrons. The van der Waals surface area contributed by atoms with Crippen LogP contribution in [0.3, 0.4) is 0 Å². The van der Waals surface area contributed by atoms with Gasteiger partial charge in [0.05, 0.1) is 12.2 Å². The van der Waals surface area contributed by atoms with Crippen molar-refractivity contribution in [1.82, 2.24) is 14.8 Å². The van der Waals surface area contributed by atoms with Crippen LogP contribution >= 0.6 is 11.3 Å². The second-order valence-corrected chi connectivity index (χ2v) is 6.67. The summed E-state index contributed by atoms with van der Waals surface area (Å²) in [5.74, 6) is 0.126. The van der Waals surface area contributed by atoms with Crippen LogP contribution in [0.2, 0.25) is 0 Å². The average molecular weight is 295 g/mol. The monoisotopic (exact) mass is 295 g/mol. The van der Waals surface area contributed by atoms with Gasteiger partial charge in [-0.25, -0.2) is 4.98 Å². The Balaban J connectivity index is 2.00. The highest BCUT2D eigenvalue weighted by Gasteiger charge is 2.20. The molecule has 0 spiro atoms. The summed E-state index contributed by atoms with van der Waals surface area (Å²) in [4.78, 5) is 22.1. The lowest BCUT2D eigenvalue weighted by Crippen LogP contribution is -2.27. The summed E-state index contributed by atoms with van der Waals surface area (Å²) in [6, 6.07) is 0. The number of carbonyl (C=O) groups is 1. The molecule has 4 nitrogen and oxygen atoms in total. The first-order valence-corrected chi connectivity index (χ1v) is 8.37. The zero-order valence-corrected chi connectivity index (χ0v) is 13.6. The van der Waals surface area contributed by atoms with Crippen LogP contribution in [0.4, 0.5) is 0 Å². The van der Waals surface area contributed by atoms with E-state index in [9.17, 15) is 4.79 Å². The highest BCUT2D eigenvalue weighted by atomic mass is 32.1. The van der Waals surface area contributed by atoms with E-state index in [0.29, 0.717) is 0 Å². The number of aryl methyl sites for hydroxylation is 1. The quantitative estimate of drug-likeness (QED) is 0.809. The van der Waals surface area contributed by atoms with Crippen molar-refractivity contribution in [2.75, 3.05) is 26.7 Å². The van der Waals surface area contributed by atoms with Gasteiger partial charge in [0, 0.05) is 13.6 Å². The minimum atomic E-state index is 0.126. The lowest BCUT2D eigenvalue weighted by Gasteiger charge is -2.15. The topological polar surface area (TPSA) is 36.4 Å². The molecule has 0 atom stereocenters. The third kappa shape index (κ3) is 3.79. The lowest BCUT2D eigenvalue weighted by molar-refractivity contribution is 0.0797. The zero-order valence-electron chi connectivity index (χ0n) is 12.8. The SMILES string of the molecule is CCCCN(C)C(=O)c1sc(CN2CCCC2)nc1C. The second kappa shape index (κ2) is 7.18. The number of hydrogen-bond donors (Lipinski definition) is 0. The maximum Gasteiger partial charge on any atom is 0.265 e. The smallest absolute Gasteiger partial charge is 0.265 e. The van der Waals surface area contributed by atoms with Gasteiger partial charge in [-0.2, -0.15) is 0 Å². The Labute approximate surface area is 125 Å². The summed E-state index contributed by atoms with van der Waals surface area (Å²) in [6.07, 6.45) is 4.74. The maximum atomic E-state index is 12.4. The highest BCUT2D eigenvalue weighted by molar-refractivity contribution is 7.13. The van der Waals surface area contributed by atoms with Crippen LogP contribution in [0.1, 0.15) is 53.0 Å². The van der Waals surface area contributed by atoms with Gasteiger partial charge in [0.15, 0.2) is 0 Å². The summed E-state index contributed by atoms with van der Waals surface area (Å²) in [6.45, 7) is 8.15. The summed E-state index contributed by atoms with van der Waals surface area (Å²) < 4.78 is 0. The van der Waals surface area contributed by atoms with Crippen LogP contribution in [-0.4, -0.2) is 47.4 Å². The first kappa shape index (κ1) is 15.4. The van der Waals surface area contributed by atoms with Gasteiger partial charge in [-0.05, 0) is 39.3 Å². The van der Waals surface area contributed by atoms with E-state index in [-0.39, 0.29) is 5.91 Å². The van der Waals surface area contributed by atoms with E-state index >= 15 is 0 Å². The molecule has 1 aliphatic rings. The molecular weight excluding hydrogens is 270 g/mol. The van der Waals surface area contributed by atoms with E-state index in [4.69, 9.17) is 0 Å². The van der Waals surface area contributed by atoms with Crippen molar-refractivity contribution in [2.45, 2.75) is 46.1 Å². The Morgan fingerprint density at radius 1 is 1.40 bits per heavy atom. The predicted molar refractivity (Wildman–Crippen MR) is 83.2 cm³/mol. The van der Waals surface area contributed by atoms with Crippen LogP contribution in [0.25, 0.3) is 0 Å². The first-order valence-electron chi connectivity index (χ1n) is 7.56. The van der Waals surface area contributed by atoms with Crippen LogP contribution in [0.15, 0.2) is 0 Å². The van der Waals surface area contributed by atoms with E-state index in [1.54, 1.807) is 11.3 Å². The Bertz CT molecular complexity index is 452. The molecule has 0 radical (unpaired) electrons. The molecule has 1 aliphatic heterocycles. The average Bonchev–Trinajstić information content (AvgIpc) is 3.05. The second-order valence-electron chi connectivity index (χ2n) is 5.59. The number of amides is 1. The number of unbranched alkanes of at least 4 members (excludes halogenated alkanes) is 1. The normalized spacial score (nSPS) is 15.8. The van der Waals surface area contributed by atoms with Crippen LogP contribution in [-0.2, 0) is 6.54 Å². The number of thiazole rings is 1. The molecule has 1 aromatic heterocycles. The molecule has 2 heterocycles. The van der Waals surface area contributed by atoms with Crippen molar-refractivity contribution in [3.05, 3.63) is 15.6 Å². The van der Waals surface area contributed by atoms with E-state index in [1.165, 1.54) is 12.8 Å². The number of aromatic nitrogens is 1. The van der Waals surface area contributed by atoms with Gasteiger partial charge < -0.3 is 4.90 Å². The van der Waals surface area contributed by atoms with Crippen molar-refractivity contribution in [2.24, 2.45) is 0 Å². The highest BCUT2D eigenvalue weighted by Crippen LogP contribution is 2.22. The standard InChI is InChI=1S/C15H25N3OS/c1-4-5-8-17(3)15(19)14-12(2)16-13(20-14)11-18-9-6-7-10-18/h4-11H2,1-3H3. The maximum absolute atomic E-state index is 12.4. The number of carbonyl (C=O) groups excluding carboxylic acids is 1. The summed E-state index contributed by atoms with van der Waals surface area (Å²) in [7, 11) is 1.89. The predicted octanol–water partition coefficient (Wildman–Crippen LogP) is 2.92. The minimum Gasteiger partial charge on any atom is -0.341 e. The molecule has 0 bridgehead atoms. The molecule has 0 N–H and O–H groups in total. The fourth-order valence-corrected chi connectivity index (χ4v) is 3.62. The Morgan fingerprint density at radius 3 is 2.75 bits per heavy atom. The van der Waals surface area contributed by atoms with Gasteiger partial charge >= 0.3 is 0 Å². The van der Waals surface area contributed by atoms with Gasteiger partial charge in [-0.15, -0.1) is 11.3 Å². The molecule has 20 heavy (non-hydrogen) atoms. The Hall–Kier alpha value is -0.940. The van der Waals surface area contributed by atoms with E-state index in [0.717, 1.165) is 54.6 Å². The molecule has 1 saturated heterocycles. The van der Waals surface area contributed by atoms with Gasteiger partial charge in [-0.3, -0.25) is 9.69 Å². The third-order valence-corrected chi connectivity index (χ3v) is 4.92. The lowest BCUT2D eigenvalue weighted by atomic mass is 10.3. The summed E-state index contributed by atoms with van der Waals surface area (Å²) >= 11 is 1.57. The van der Waals surface area contributed by atoms with E-state index in [1.807, 2.05) is 18.9 Å². The van der Waals surface area contributed by atoms with Gasteiger partial charge in [-0.1, -0.05) is 13.3 Å². The Morgan fingerprint density at radius 2 is 2.10 bits per heavy atom. The first-order chi connectivity index (χ1) is 9.61. The van der Waals surface area contributed by atoms with E-state index < -0.39 is 0 Å². The van der Waals surface area contributed by atoms with Crippen LogP contribution in [0, 0.1) is 6.92 Å². The van der Waals surface area contributed by atoms with Crippen molar-refractivity contribution in [3.8, 4) is 0 Å². The molecule has 1 aromatic rings. The number of rotatable bonds is 6. The van der Waals surface area contributed by atoms with Crippen molar-refractivity contribution in [3.63, 3.8) is 0 Å². The zero-order chi connectivity index (χ0) is 14.5.